The second-order valence-corrected chi connectivity index (χ2v) is 6.75. The van der Waals surface area contributed by atoms with E-state index in [1.807, 2.05) is 56.3 Å². The molecule has 2 N–H and O–H groups in total. The number of hydrogen-bond donors (Lipinski definition) is 2. The Morgan fingerprint density at radius 2 is 1.71 bits per heavy atom. The van der Waals surface area contributed by atoms with Gasteiger partial charge in [0.05, 0.1) is 5.41 Å². The highest BCUT2D eigenvalue weighted by molar-refractivity contribution is 5.95. The number of aryl methyl sites for hydroxylation is 2. The molecule has 2 aromatic carbocycles. The maximum absolute atomic E-state index is 12.5. The molecule has 0 bridgehead atoms. The highest BCUT2D eigenvalue weighted by atomic mass is 16.4. The minimum absolute atomic E-state index is 0.0235. The largest absolute Gasteiger partial charge is 0.481 e. The zero-order chi connectivity index (χ0) is 17.3. The molecule has 1 amide bonds. The van der Waals surface area contributed by atoms with Crippen LogP contribution in [0.25, 0.3) is 0 Å². The Morgan fingerprint density at radius 3 is 2.25 bits per heavy atom. The van der Waals surface area contributed by atoms with Crippen LogP contribution in [0.1, 0.15) is 28.7 Å². The van der Waals surface area contributed by atoms with Gasteiger partial charge in [0.15, 0.2) is 0 Å². The van der Waals surface area contributed by atoms with Crippen molar-refractivity contribution in [2.24, 2.45) is 5.41 Å². The first-order valence-corrected chi connectivity index (χ1v) is 8.07. The molecule has 0 saturated heterocycles. The summed E-state index contributed by atoms with van der Waals surface area (Å²) in [7, 11) is 0. The summed E-state index contributed by atoms with van der Waals surface area (Å²) in [6.45, 7) is 3.93. The summed E-state index contributed by atoms with van der Waals surface area (Å²) in [5, 5.41) is 12.6. The van der Waals surface area contributed by atoms with Crippen molar-refractivity contribution in [1.82, 2.24) is 0 Å². The highest BCUT2D eigenvalue weighted by Gasteiger charge is 2.45. The lowest BCUT2D eigenvalue weighted by atomic mass is 9.81. The first-order chi connectivity index (χ1) is 11.4. The molecule has 0 saturated carbocycles. The van der Waals surface area contributed by atoms with Gasteiger partial charge in [0, 0.05) is 12.1 Å². The molecule has 0 aliphatic heterocycles. The van der Waals surface area contributed by atoms with Crippen molar-refractivity contribution in [3.8, 4) is 0 Å². The molecule has 0 fully saturated rings. The molecule has 24 heavy (non-hydrogen) atoms. The van der Waals surface area contributed by atoms with Gasteiger partial charge in [0.25, 0.3) is 0 Å². The van der Waals surface area contributed by atoms with Crippen LogP contribution < -0.4 is 5.32 Å². The van der Waals surface area contributed by atoms with Crippen LogP contribution in [0.5, 0.6) is 0 Å². The predicted octanol–water partition coefficient (Wildman–Crippen LogP) is 3.50. The monoisotopic (exact) mass is 323 g/mol. The lowest BCUT2D eigenvalue weighted by Gasteiger charge is -2.23. The predicted molar refractivity (Wildman–Crippen MR) is 93.1 cm³/mol. The van der Waals surface area contributed by atoms with Crippen molar-refractivity contribution >= 4 is 17.6 Å². The van der Waals surface area contributed by atoms with Gasteiger partial charge in [-0.1, -0.05) is 42.0 Å². The Balaban J connectivity index is 1.78. The van der Waals surface area contributed by atoms with Crippen molar-refractivity contribution in [2.45, 2.75) is 33.1 Å². The fourth-order valence-corrected chi connectivity index (χ4v) is 3.50. The molecular formula is C20H21NO3. The second kappa shape index (κ2) is 6.11. The maximum Gasteiger partial charge on any atom is 0.310 e. The molecule has 0 aromatic heterocycles. The van der Waals surface area contributed by atoms with Gasteiger partial charge >= 0.3 is 5.97 Å². The minimum atomic E-state index is -1.05. The van der Waals surface area contributed by atoms with E-state index in [1.165, 1.54) is 0 Å². The Hall–Kier alpha value is -2.62. The molecule has 0 radical (unpaired) electrons. The number of carboxylic acids is 1. The van der Waals surface area contributed by atoms with Crippen molar-refractivity contribution in [2.75, 3.05) is 5.32 Å². The van der Waals surface area contributed by atoms with Crippen LogP contribution in [0.4, 0.5) is 5.69 Å². The molecule has 1 aliphatic rings. The Kier molecular flexibility index (Phi) is 4.14. The minimum Gasteiger partial charge on any atom is -0.481 e. The first-order valence-electron chi connectivity index (χ1n) is 8.07. The van der Waals surface area contributed by atoms with Crippen LogP contribution in [0, 0.1) is 19.3 Å². The van der Waals surface area contributed by atoms with Crippen LogP contribution in [0.15, 0.2) is 42.5 Å². The topological polar surface area (TPSA) is 66.4 Å². The van der Waals surface area contributed by atoms with Crippen molar-refractivity contribution in [3.63, 3.8) is 0 Å². The summed E-state index contributed by atoms with van der Waals surface area (Å²) in [6.07, 6.45) is 0.780. The van der Waals surface area contributed by atoms with Crippen molar-refractivity contribution < 1.29 is 14.7 Å². The van der Waals surface area contributed by atoms with E-state index in [-0.39, 0.29) is 12.3 Å². The lowest BCUT2D eigenvalue weighted by molar-refractivity contribution is -0.150. The van der Waals surface area contributed by atoms with E-state index in [0.29, 0.717) is 12.8 Å². The number of carbonyl (C=O) groups excluding carboxylic acids is 1. The molecule has 2 aromatic rings. The van der Waals surface area contributed by atoms with E-state index >= 15 is 0 Å². The molecule has 4 nitrogen and oxygen atoms in total. The summed E-state index contributed by atoms with van der Waals surface area (Å²) in [4.78, 5) is 24.4. The molecule has 4 heteroatoms. The van der Waals surface area contributed by atoms with Gasteiger partial charge in [-0.25, -0.2) is 0 Å². The van der Waals surface area contributed by atoms with Gasteiger partial charge in [-0.3, -0.25) is 9.59 Å². The molecular weight excluding hydrogens is 302 g/mol. The number of carbonyl (C=O) groups is 2. The number of anilines is 1. The normalized spacial score (nSPS) is 14.9. The summed E-state index contributed by atoms with van der Waals surface area (Å²) >= 11 is 0. The van der Waals surface area contributed by atoms with Crippen LogP contribution in [0.2, 0.25) is 0 Å². The Morgan fingerprint density at radius 1 is 1.08 bits per heavy atom. The smallest absolute Gasteiger partial charge is 0.310 e. The lowest BCUT2D eigenvalue weighted by Crippen LogP contribution is -2.36. The molecule has 0 unspecified atom stereocenters. The molecule has 124 valence electrons. The van der Waals surface area contributed by atoms with E-state index in [1.54, 1.807) is 0 Å². The second-order valence-electron chi connectivity index (χ2n) is 6.75. The summed E-state index contributed by atoms with van der Waals surface area (Å²) < 4.78 is 0. The zero-order valence-electron chi connectivity index (χ0n) is 13.9. The molecule has 1 aliphatic carbocycles. The van der Waals surface area contributed by atoms with Gasteiger partial charge in [0.2, 0.25) is 5.91 Å². The number of amides is 1. The van der Waals surface area contributed by atoms with Crippen LogP contribution >= 0.6 is 0 Å². The third-order valence-corrected chi connectivity index (χ3v) is 4.78. The van der Waals surface area contributed by atoms with E-state index < -0.39 is 11.4 Å². The fraction of sp³-hybridized carbons (Fsp3) is 0.300. The first kappa shape index (κ1) is 16.2. The average molecular weight is 323 g/mol. The third-order valence-electron chi connectivity index (χ3n) is 4.78. The van der Waals surface area contributed by atoms with E-state index in [9.17, 15) is 14.7 Å². The van der Waals surface area contributed by atoms with Gasteiger partial charge in [0.1, 0.15) is 0 Å². The number of benzene rings is 2. The SMILES string of the molecule is Cc1ccc(NC(=O)CC2(C(=O)O)Cc3ccccc3C2)c(C)c1. The average Bonchev–Trinajstić information content (AvgIpc) is 2.89. The highest BCUT2D eigenvalue weighted by Crippen LogP contribution is 2.40. The molecule has 0 spiro atoms. The van der Waals surface area contributed by atoms with Crippen LogP contribution in [-0.4, -0.2) is 17.0 Å². The standard InChI is InChI=1S/C20H21NO3/c1-13-7-8-17(14(2)9-13)21-18(22)12-20(19(23)24)10-15-5-3-4-6-16(15)11-20/h3-9H,10-12H2,1-2H3,(H,21,22)(H,23,24). The van der Waals surface area contributed by atoms with E-state index in [2.05, 4.69) is 5.32 Å². The Bertz CT molecular complexity index is 785. The summed E-state index contributed by atoms with van der Waals surface area (Å²) in [5.74, 6) is -1.16. The number of hydrogen-bond acceptors (Lipinski definition) is 2. The third kappa shape index (κ3) is 3.04. The van der Waals surface area contributed by atoms with E-state index in [4.69, 9.17) is 0 Å². The van der Waals surface area contributed by atoms with E-state index in [0.717, 1.165) is 27.9 Å². The maximum atomic E-state index is 12.5. The zero-order valence-corrected chi connectivity index (χ0v) is 13.9. The number of rotatable bonds is 4. The van der Waals surface area contributed by atoms with Crippen molar-refractivity contribution in [3.05, 3.63) is 64.7 Å². The van der Waals surface area contributed by atoms with Crippen LogP contribution in [-0.2, 0) is 22.4 Å². The van der Waals surface area contributed by atoms with Crippen LogP contribution in [0.3, 0.4) is 0 Å². The number of fused-ring (bicyclic) bond motifs is 1. The van der Waals surface area contributed by atoms with Gasteiger partial charge in [-0.05, 0) is 49.4 Å². The molecule has 0 atom stereocenters. The van der Waals surface area contributed by atoms with Gasteiger partial charge in [-0.2, -0.15) is 0 Å². The van der Waals surface area contributed by atoms with Gasteiger partial charge in [-0.15, -0.1) is 0 Å². The number of carboxylic acid groups (broad SMARTS) is 1. The quantitative estimate of drug-likeness (QED) is 0.905. The number of nitrogens with one attached hydrogen (secondary N) is 1. The summed E-state index contributed by atoms with van der Waals surface area (Å²) in [5.41, 5.74) is 3.84. The van der Waals surface area contributed by atoms with Gasteiger partial charge < -0.3 is 10.4 Å². The fourth-order valence-electron chi connectivity index (χ4n) is 3.50. The molecule has 3 rings (SSSR count). The molecule has 0 heterocycles. The summed E-state index contributed by atoms with van der Waals surface area (Å²) in [6, 6.07) is 13.5. The number of aliphatic carboxylic acids is 1. The Labute approximate surface area is 141 Å². The van der Waals surface area contributed by atoms with Crippen molar-refractivity contribution in [1.29, 1.82) is 0 Å².